The summed E-state index contributed by atoms with van der Waals surface area (Å²) in [6.45, 7) is 1.72. The van der Waals surface area contributed by atoms with Crippen LogP contribution in [0.1, 0.15) is 5.69 Å². The number of para-hydroxylation sites is 2. The lowest BCUT2D eigenvalue weighted by Crippen LogP contribution is -2.35. The maximum atomic E-state index is 12.9. The molecular weight excluding hydrogens is 372 g/mol. The molecule has 29 heavy (non-hydrogen) atoms. The van der Waals surface area contributed by atoms with E-state index >= 15 is 0 Å². The number of hydrogen-bond donors (Lipinski definition) is 1. The van der Waals surface area contributed by atoms with Gasteiger partial charge in [0.25, 0.3) is 17.4 Å². The highest BCUT2D eigenvalue weighted by atomic mass is 16.2. The second-order valence-corrected chi connectivity index (χ2v) is 6.51. The number of nitrogens with zero attached hydrogens (tertiary/aromatic N) is 5. The molecule has 0 bridgehead atoms. The summed E-state index contributed by atoms with van der Waals surface area (Å²) in [6.07, 6.45) is 0. The van der Waals surface area contributed by atoms with Crippen molar-refractivity contribution in [3.8, 4) is 5.69 Å². The molecule has 146 valence electrons. The third-order valence-corrected chi connectivity index (χ3v) is 4.74. The number of carbonyl (C=O) groups excluding carboxylic acids is 2. The monoisotopic (exact) mass is 390 g/mol. The Morgan fingerprint density at radius 1 is 0.897 bits per heavy atom. The van der Waals surface area contributed by atoms with E-state index in [0.29, 0.717) is 17.1 Å². The Morgan fingerprint density at radius 2 is 1.48 bits per heavy atom. The minimum atomic E-state index is -1.35. The molecule has 9 nitrogen and oxygen atoms in total. The first-order valence-corrected chi connectivity index (χ1v) is 8.93. The molecule has 1 aliphatic rings. The molecule has 3 aromatic rings. The summed E-state index contributed by atoms with van der Waals surface area (Å²) < 4.78 is 3.11. The molecule has 1 N–H and O–H groups in total. The number of hydrazine groups is 1. The highest BCUT2D eigenvalue weighted by Gasteiger charge is 2.40. The molecule has 2 amide bonds. The number of hydrogen-bond acceptors (Lipinski definition) is 5. The van der Waals surface area contributed by atoms with Gasteiger partial charge in [0.1, 0.15) is 0 Å². The largest absolute Gasteiger partial charge is 0.299 e. The molecule has 2 aromatic carbocycles. The van der Waals surface area contributed by atoms with Gasteiger partial charge in [0, 0.05) is 7.05 Å². The van der Waals surface area contributed by atoms with Crippen LogP contribution in [0.15, 0.2) is 75.7 Å². The molecule has 0 saturated carbocycles. The molecule has 4 rings (SSSR count). The zero-order valence-corrected chi connectivity index (χ0v) is 15.8. The zero-order chi connectivity index (χ0) is 20.5. The Balaban J connectivity index is 1.66. The van der Waals surface area contributed by atoms with E-state index in [2.05, 4.69) is 15.7 Å². The van der Waals surface area contributed by atoms with Gasteiger partial charge in [-0.3, -0.25) is 24.5 Å². The normalized spacial score (nSPS) is 16.6. The molecule has 0 spiro atoms. The zero-order valence-electron chi connectivity index (χ0n) is 15.8. The van der Waals surface area contributed by atoms with Gasteiger partial charge in [0.2, 0.25) is 6.04 Å². The molecule has 1 aromatic heterocycles. The van der Waals surface area contributed by atoms with E-state index < -0.39 is 17.9 Å². The van der Waals surface area contributed by atoms with E-state index in [-0.39, 0.29) is 11.2 Å². The number of anilines is 1. The van der Waals surface area contributed by atoms with Crippen LogP contribution in [0.3, 0.4) is 0 Å². The summed E-state index contributed by atoms with van der Waals surface area (Å²) in [5, 5.41) is 9.01. The fourth-order valence-corrected chi connectivity index (χ4v) is 3.12. The van der Waals surface area contributed by atoms with Crippen molar-refractivity contribution in [3.05, 3.63) is 76.7 Å². The highest BCUT2D eigenvalue weighted by Crippen LogP contribution is 2.21. The Bertz CT molecular complexity index is 1160. The van der Waals surface area contributed by atoms with Crippen molar-refractivity contribution in [2.24, 2.45) is 17.3 Å². The number of nitrogens with one attached hydrogen (secondary N) is 1. The summed E-state index contributed by atoms with van der Waals surface area (Å²) in [5.41, 5.74) is 3.93. The molecule has 0 radical (unpaired) electrons. The number of amides is 2. The predicted molar refractivity (Wildman–Crippen MR) is 106 cm³/mol. The van der Waals surface area contributed by atoms with Crippen molar-refractivity contribution in [2.75, 3.05) is 5.01 Å². The number of carbonyl (C=O) groups is 2. The average molecular weight is 390 g/mol. The van der Waals surface area contributed by atoms with Gasteiger partial charge in [0.15, 0.2) is 5.69 Å². The van der Waals surface area contributed by atoms with E-state index in [1.54, 1.807) is 61.1 Å². The maximum absolute atomic E-state index is 12.9. The van der Waals surface area contributed by atoms with Gasteiger partial charge in [0.05, 0.1) is 17.1 Å². The topological polar surface area (TPSA) is 101 Å². The SMILES string of the molecule is Cc1c(N=NC2C(=O)NN(c3ccccc3)C2=O)c(=O)n(-c2ccccc2)n1C. The van der Waals surface area contributed by atoms with Crippen molar-refractivity contribution >= 4 is 23.2 Å². The van der Waals surface area contributed by atoms with Crippen LogP contribution in [-0.2, 0) is 16.6 Å². The minimum Gasteiger partial charge on any atom is -0.283 e. The molecule has 1 unspecified atom stereocenters. The second-order valence-electron chi connectivity index (χ2n) is 6.51. The van der Waals surface area contributed by atoms with Gasteiger partial charge in [-0.05, 0) is 31.2 Å². The van der Waals surface area contributed by atoms with Crippen LogP contribution < -0.4 is 16.0 Å². The minimum absolute atomic E-state index is 0.0788. The van der Waals surface area contributed by atoms with Crippen LogP contribution in [0.5, 0.6) is 0 Å². The summed E-state index contributed by atoms with van der Waals surface area (Å²) in [5.74, 6) is -1.15. The average Bonchev–Trinajstić information content (AvgIpc) is 3.14. The summed E-state index contributed by atoms with van der Waals surface area (Å²) in [6, 6.07) is 16.4. The van der Waals surface area contributed by atoms with E-state index in [1.165, 1.54) is 4.68 Å². The third kappa shape index (κ3) is 3.12. The Hall–Kier alpha value is -4.01. The Kier molecular flexibility index (Phi) is 4.55. The highest BCUT2D eigenvalue weighted by molar-refractivity contribution is 6.17. The standard InChI is InChI=1S/C20H18N6O3/c1-13-16(20(29)26(24(13)2)15-11-7-4-8-12-15)21-22-17-18(27)23-25(19(17)28)14-9-5-3-6-10-14/h3-12,17H,1-2H3,(H,23,27). The van der Waals surface area contributed by atoms with Crippen molar-refractivity contribution in [3.63, 3.8) is 0 Å². The summed E-state index contributed by atoms with van der Waals surface area (Å²) in [4.78, 5) is 37.7. The fraction of sp³-hybridized carbons (Fsp3) is 0.150. The van der Waals surface area contributed by atoms with Crippen LogP contribution >= 0.6 is 0 Å². The van der Waals surface area contributed by atoms with Crippen molar-refractivity contribution in [1.29, 1.82) is 0 Å². The molecule has 1 aliphatic heterocycles. The van der Waals surface area contributed by atoms with Crippen molar-refractivity contribution in [2.45, 2.75) is 13.0 Å². The van der Waals surface area contributed by atoms with Gasteiger partial charge >= 0.3 is 0 Å². The summed E-state index contributed by atoms with van der Waals surface area (Å²) >= 11 is 0. The first-order valence-electron chi connectivity index (χ1n) is 8.93. The molecule has 0 aliphatic carbocycles. The Labute approximate surface area is 165 Å². The predicted octanol–water partition coefficient (Wildman–Crippen LogP) is 2.01. The molecule has 1 saturated heterocycles. The van der Waals surface area contributed by atoms with Crippen molar-refractivity contribution < 1.29 is 9.59 Å². The quantitative estimate of drug-likeness (QED) is 0.545. The van der Waals surface area contributed by atoms with Crippen LogP contribution in [-0.4, -0.2) is 27.2 Å². The van der Waals surface area contributed by atoms with Gasteiger partial charge in [-0.15, -0.1) is 5.11 Å². The Morgan fingerprint density at radius 3 is 2.10 bits per heavy atom. The van der Waals surface area contributed by atoms with E-state index in [0.717, 1.165) is 5.01 Å². The van der Waals surface area contributed by atoms with Crippen LogP contribution in [0.25, 0.3) is 5.69 Å². The first kappa shape index (κ1) is 18.4. The third-order valence-electron chi connectivity index (χ3n) is 4.74. The van der Waals surface area contributed by atoms with E-state index in [4.69, 9.17) is 0 Å². The smallest absolute Gasteiger partial charge is 0.283 e. The van der Waals surface area contributed by atoms with Gasteiger partial charge in [-0.1, -0.05) is 36.4 Å². The van der Waals surface area contributed by atoms with Crippen LogP contribution in [0.4, 0.5) is 11.4 Å². The second kappa shape index (κ2) is 7.19. The van der Waals surface area contributed by atoms with Crippen molar-refractivity contribution in [1.82, 2.24) is 14.8 Å². The molecule has 1 fully saturated rings. The fourth-order valence-electron chi connectivity index (χ4n) is 3.12. The lowest BCUT2D eigenvalue weighted by atomic mass is 10.3. The van der Waals surface area contributed by atoms with Crippen LogP contribution in [0, 0.1) is 6.92 Å². The first-order chi connectivity index (χ1) is 14.0. The molecule has 2 heterocycles. The molecular formula is C20H18N6O3. The van der Waals surface area contributed by atoms with Crippen LogP contribution in [0.2, 0.25) is 0 Å². The summed E-state index contributed by atoms with van der Waals surface area (Å²) in [7, 11) is 1.73. The lowest BCUT2D eigenvalue weighted by Gasteiger charge is -2.14. The number of benzene rings is 2. The number of aromatic nitrogens is 2. The number of rotatable bonds is 4. The van der Waals surface area contributed by atoms with E-state index in [1.807, 2.05) is 18.2 Å². The maximum Gasteiger partial charge on any atom is 0.299 e. The van der Waals surface area contributed by atoms with Gasteiger partial charge in [-0.25, -0.2) is 9.69 Å². The van der Waals surface area contributed by atoms with E-state index in [9.17, 15) is 14.4 Å². The molecule has 1 atom stereocenters. The van der Waals surface area contributed by atoms with Gasteiger partial charge in [-0.2, -0.15) is 5.11 Å². The molecule has 9 heteroatoms. The number of azo groups is 1. The lowest BCUT2D eigenvalue weighted by molar-refractivity contribution is -0.124. The van der Waals surface area contributed by atoms with Gasteiger partial charge < -0.3 is 0 Å².